The van der Waals surface area contributed by atoms with Gasteiger partial charge in [0.25, 0.3) is 5.91 Å². The predicted octanol–water partition coefficient (Wildman–Crippen LogP) is 2.23. The van der Waals surface area contributed by atoms with Gasteiger partial charge < -0.3 is 0 Å². The summed E-state index contributed by atoms with van der Waals surface area (Å²) in [6, 6.07) is 5.12. The van der Waals surface area contributed by atoms with E-state index >= 15 is 0 Å². The van der Waals surface area contributed by atoms with Gasteiger partial charge in [0.2, 0.25) is 6.08 Å². The quantitative estimate of drug-likeness (QED) is 0.558. The number of carbonyl (C=O) groups is 1. The van der Waals surface area contributed by atoms with Gasteiger partial charge >= 0.3 is 0 Å². The minimum atomic E-state index is -0.556. The minimum absolute atomic E-state index is 0.423. The van der Waals surface area contributed by atoms with E-state index < -0.39 is 5.91 Å². The molecule has 1 amide bonds. The van der Waals surface area contributed by atoms with Gasteiger partial charge in [0.1, 0.15) is 0 Å². The van der Waals surface area contributed by atoms with E-state index in [0.29, 0.717) is 5.56 Å². The summed E-state index contributed by atoms with van der Waals surface area (Å²) in [5.74, 6) is -0.556. The van der Waals surface area contributed by atoms with Crippen LogP contribution in [0, 0.1) is 6.92 Å². The molecule has 13 heavy (non-hydrogen) atoms. The zero-order valence-corrected chi connectivity index (χ0v) is 8.46. The molecule has 0 spiro atoms. The van der Waals surface area contributed by atoms with E-state index in [9.17, 15) is 9.59 Å². The largest absolute Gasteiger partial charge is 0.287 e. The Morgan fingerprint density at radius 1 is 1.54 bits per heavy atom. The number of aliphatic imine (C=N–C) groups is 1. The molecule has 1 rings (SSSR count). The smallest absolute Gasteiger partial charge is 0.266 e. The van der Waals surface area contributed by atoms with E-state index in [1.165, 1.54) is 6.08 Å². The van der Waals surface area contributed by atoms with E-state index in [0.717, 1.165) is 10.0 Å². The average molecular weight is 240 g/mol. The number of nitrogens with zero attached hydrogens (tertiary/aromatic N) is 1. The van der Waals surface area contributed by atoms with Crippen molar-refractivity contribution in [3.8, 4) is 0 Å². The summed E-state index contributed by atoms with van der Waals surface area (Å²) >= 11 is 3.27. The molecular formula is C9H6BrNO2. The minimum Gasteiger partial charge on any atom is -0.266 e. The Balaban J connectivity index is 3.16. The van der Waals surface area contributed by atoms with Crippen molar-refractivity contribution in [2.75, 3.05) is 0 Å². The molecule has 0 fully saturated rings. The maximum Gasteiger partial charge on any atom is 0.287 e. The fraction of sp³-hybridized carbons (Fsp3) is 0.111. The van der Waals surface area contributed by atoms with E-state index in [2.05, 4.69) is 20.9 Å². The molecule has 0 aromatic heterocycles. The number of halogens is 1. The lowest BCUT2D eigenvalue weighted by atomic mass is 10.1. The van der Waals surface area contributed by atoms with Crippen LogP contribution in [0.5, 0.6) is 0 Å². The normalized spacial score (nSPS) is 9.08. The van der Waals surface area contributed by atoms with Crippen LogP contribution in [0.15, 0.2) is 27.7 Å². The molecule has 0 heterocycles. The van der Waals surface area contributed by atoms with Crippen molar-refractivity contribution in [2.45, 2.75) is 6.92 Å². The third kappa shape index (κ3) is 2.34. The van der Waals surface area contributed by atoms with Crippen LogP contribution in [0.2, 0.25) is 0 Å². The molecule has 0 radical (unpaired) electrons. The first-order chi connectivity index (χ1) is 6.15. The van der Waals surface area contributed by atoms with Crippen LogP contribution >= 0.6 is 15.9 Å². The number of aryl methyl sites for hydroxylation is 1. The molecule has 4 heteroatoms. The van der Waals surface area contributed by atoms with Gasteiger partial charge in [-0.25, -0.2) is 4.79 Å². The molecule has 0 atom stereocenters. The summed E-state index contributed by atoms with van der Waals surface area (Å²) in [6.07, 6.45) is 1.22. The number of hydrogen-bond donors (Lipinski definition) is 0. The summed E-state index contributed by atoms with van der Waals surface area (Å²) in [6.45, 7) is 1.78. The van der Waals surface area contributed by atoms with Crippen molar-refractivity contribution >= 4 is 27.9 Å². The summed E-state index contributed by atoms with van der Waals surface area (Å²) in [5.41, 5.74) is 1.20. The Kier molecular flexibility index (Phi) is 3.12. The van der Waals surface area contributed by atoms with Crippen LogP contribution in [-0.2, 0) is 4.79 Å². The lowest BCUT2D eigenvalue weighted by molar-refractivity contribution is 0.100. The van der Waals surface area contributed by atoms with Gasteiger partial charge in [-0.1, -0.05) is 15.9 Å². The molecule has 0 aliphatic carbocycles. The van der Waals surface area contributed by atoms with Gasteiger partial charge in [-0.05, 0) is 30.7 Å². The summed E-state index contributed by atoms with van der Waals surface area (Å²) in [5, 5.41) is 0. The maximum absolute atomic E-state index is 11.1. The second kappa shape index (κ2) is 4.12. The second-order valence-corrected chi connectivity index (χ2v) is 3.38. The third-order valence-electron chi connectivity index (χ3n) is 1.57. The van der Waals surface area contributed by atoms with Crippen molar-refractivity contribution in [2.24, 2.45) is 4.99 Å². The monoisotopic (exact) mass is 239 g/mol. The zero-order chi connectivity index (χ0) is 9.84. The first-order valence-corrected chi connectivity index (χ1v) is 4.33. The zero-order valence-electron chi connectivity index (χ0n) is 6.87. The van der Waals surface area contributed by atoms with Crippen LogP contribution in [0.1, 0.15) is 15.9 Å². The van der Waals surface area contributed by atoms with Gasteiger partial charge in [-0.15, -0.1) is 4.99 Å². The molecule has 0 aliphatic heterocycles. The Labute approximate surface area is 83.6 Å². The highest BCUT2D eigenvalue weighted by Crippen LogP contribution is 2.16. The first kappa shape index (κ1) is 9.84. The van der Waals surface area contributed by atoms with E-state index in [1.54, 1.807) is 25.1 Å². The molecule has 0 unspecified atom stereocenters. The topological polar surface area (TPSA) is 46.5 Å². The number of hydrogen-bond acceptors (Lipinski definition) is 2. The standard InChI is InChI=1S/C9H6BrNO2/c1-6-4-7(10)2-3-8(6)9(13)11-5-12/h2-4H,1H3. The Hall–Kier alpha value is -1.25. The lowest BCUT2D eigenvalue weighted by Crippen LogP contribution is -1.97. The Morgan fingerprint density at radius 2 is 2.23 bits per heavy atom. The molecular weight excluding hydrogens is 234 g/mol. The van der Waals surface area contributed by atoms with Gasteiger partial charge in [-0.3, -0.25) is 4.79 Å². The van der Waals surface area contributed by atoms with Crippen LogP contribution in [-0.4, -0.2) is 12.0 Å². The van der Waals surface area contributed by atoms with Crippen molar-refractivity contribution in [1.29, 1.82) is 0 Å². The first-order valence-electron chi connectivity index (χ1n) is 3.53. The van der Waals surface area contributed by atoms with Crippen molar-refractivity contribution in [1.82, 2.24) is 0 Å². The van der Waals surface area contributed by atoms with Crippen LogP contribution in [0.4, 0.5) is 0 Å². The molecule has 3 nitrogen and oxygen atoms in total. The lowest BCUT2D eigenvalue weighted by Gasteiger charge is -1.99. The molecule has 0 bridgehead atoms. The van der Waals surface area contributed by atoms with E-state index in [-0.39, 0.29) is 0 Å². The molecule has 66 valence electrons. The molecule has 0 aliphatic rings. The number of amides is 1. The molecule has 0 N–H and O–H groups in total. The summed E-state index contributed by atoms with van der Waals surface area (Å²) < 4.78 is 0.886. The van der Waals surface area contributed by atoms with E-state index in [4.69, 9.17) is 0 Å². The summed E-state index contributed by atoms with van der Waals surface area (Å²) in [4.78, 5) is 24.0. The second-order valence-electron chi connectivity index (χ2n) is 2.47. The SMILES string of the molecule is Cc1cc(Br)ccc1C(=O)N=C=O. The van der Waals surface area contributed by atoms with Crippen LogP contribution in [0.25, 0.3) is 0 Å². The van der Waals surface area contributed by atoms with Crippen molar-refractivity contribution < 1.29 is 9.59 Å². The highest BCUT2D eigenvalue weighted by Gasteiger charge is 2.06. The van der Waals surface area contributed by atoms with Gasteiger partial charge in [0.05, 0.1) is 0 Å². The predicted molar refractivity (Wildman–Crippen MR) is 51.3 cm³/mol. The third-order valence-corrected chi connectivity index (χ3v) is 2.06. The highest BCUT2D eigenvalue weighted by atomic mass is 79.9. The number of isocyanates is 1. The number of rotatable bonds is 1. The molecule has 1 aromatic carbocycles. The number of carbonyl (C=O) groups excluding carboxylic acids is 2. The fourth-order valence-corrected chi connectivity index (χ4v) is 1.44. The van der Waals surface area contributed by atoms with Gasteiger partial charge in [0, 0.05) is 10.0 Å². The Bertz CT molecular complexity index is 395. The van der Waals surface area contributed by atoms with Crippen molar-refractivity contribution in [3.05, 3.63) is 33.8 Å². The van der Waals surface area contributed by atoms with Crippen molar-refractivity contribution in [3.63, 3.8) is 0 Å². The maximum atomic E-state index is 11.1. The van der Waals surface area contributed by atoms with Crippen LogP contribution in [0.3, 0.4) is 0 Å². The Morgan fingerprint density at radius 3 is 2.77 bits per heavy atom. The summed E-state index contributed by atoms with van der Waals surface area (Å²) in [7, 11) is 0. The molecule has 0 saturated heterocycles. The van der Waals surface area contributed by atoms with E-state index in [1.807, 2.05) is 0 Å². The average Bonchev–Trinajstić information content (AvgIpc) is 2.04. The number of benzene rings is 1. The molecule has 0 saturated carbocycles. The highest BCUT2D eigenvalue weighted by molar-refractivity contribution is 9.10. The fourth-order valence-electron chi connectivity index (χ4n) is 0.969. The molecule has 1 aromatic rings. The van der Waals surface area contributed by atoms with Gasteiger partial charge in [0.15, 0.2) is 0 Å². The van der Waals surface area contributed by atoms with Gasteiger partial charge in [-0.2, -0.15) is 0 Å². The van der Waals surface area contributed by atoms with Crippen LogP contribution < -0.4 is 0 Å².